The molecule has 0 bridgehead atoms. The van der Waals surface area contributed by atoms with Gasteiger partial charge in [-0.25, -0.2) is 0 Å². The highest BCUT2D eigenvalue weighted by Gasteiger charge is 2.22. The molecular weight excluding hydrogens is 360 g/mol. The van der Waals surface area contributed by atoms with Gasteiger partial charge in [-0.15, -0.1) is 0 Å². The van der Waals surface area contributed by atoms with Crippen LogP contribution in [0, 0.1) is 11.8 Å². The minimum absolute atomic E-state index is 0.705. The SMILES string of the molecule is CC(C)C(C)N(CCCNCCCSCc1ccccc1)CC1CCCCC1. The molecule has 1 aromatic rings. The first-order valence-corrected chi connectivity index (χ1v) is 12.9. The van der Waals surface area contributed by atoms with Crippen LogP contribution in [-0.2, 0) is 5.75 Å². The molecule has 1 aliphatic rings. The number of thioether (sulfide) groups is 1. The third-order valence-electron chi connectivity index (χ3n) is 6.31. The van der Waals surface area contributed by atoms with Crippen molar-refractivity contribution in [2.75, 3.05) is 31.9 Å². The van der Waals surface area contributed by atoms with Gasteiger partial charge in [0.1, 0.15) is 0 Å². The van der Waals surface area contributed by atoms with Crippen LogP contribution in [0.5, 0.6) is 0 Å². The van der Waals surface area contributed by atoms with Gasteiger partial charge in [-0.05, 0) is 75.4 Å². The summed E-state index contributed by atoms with van der Waals surface area (Å²) in [6.45, 7) is 12.1. The zero-order valence-electron chi connectivity index (χ0n) is 18.7. The van der Waals surface area contributed by atoms with Crippen molar-refractivity contribution in [2.45, 2.75) is 77.5 Å². The highest BCUT2D eigenvalue weighted by atomic mass is 32.2. The molecule has 2 rings (SSSR count). The van der Waals surface area contributed by atoms with Crippen molar-refractivity contribution >= 4 is 11.8 Å². The van der Waals surface area contributed by atoms with Crippen LogP contribution in [0.1, 0.15) is 71.3 Å². The number of rotatable bonds is 14. The Bertz CT molecular complexity index is 485. The van der Waals surface area contributed by atoms with Crippen LogP contribution in [0.25, 0.3) is 0 Å². The van der Waals surface area contributed by atoms with Crippen LogP contribution in [0.3, 0.4) is 0 Å². The van der Waals surface area contributed by atoms with Gasteiger partial charge in [0, 0.05) is 18.3 Å². The maximum absolute atomic E-state index is 3.67. The molecular formula is C25H44N2S. The third kappa shape index (κ3) is 9.80. The predicted octanol–water partition coefficient (Wildman–Crippen LogP) is 6.22. The maximum Gasteiger partial charge on any atom is 0.0184 e. The van der Waals surface area contributed by atoms with Crippen LogP contribution < -0.4 is 5.32 Å². The molecule has 0 saturated heterocycles. The molecule has 1 fully saturated rings. The van der Waals surface area contributed by atoms with E-state index in [1.54, 1.807) is 0 Å². The highest BCUT2D eigenvalue weighted by molar-refractivity contribution is 7.98. The number of nitrogens with zero attached hydrogens (tertiary/aromatic N) is 1. The monoisotopic (exact) mass is 404 g/mol. The Hall–Kier alpha value is -0.510. The molecule has 28 heavy (non-hydrogen) atoms. The molecule has 0 aromatic heterocycles. The molecule has 0 radical (unpaired) electrons. The van der Waals surface area contributed by atoms with E-state index in [-0.39, 0.29) is 0 Å². The summed E-state index contributed by atoms with van der Waals surface area (Å²) in [7, 11) is 0. The third-order valence-corrected chi connectivity index (χ3v) is 7.43. The lowest BCUT2D eigenvalue weighted by atomic mass is 9.88. The summed E-state index contributed by atoms with van der Waals surface area (Å²) in [6.07, 6.45) is 9.84. The second-order valence-corrected chi connectivity index (χ2v) is 10.1. The van der Waals surface area contributed by atoms with Crippen LogP contribution in [-0.4, -0.2) is 42.9 Å². The van der Waals surface area contributed by atoms with E-state index in [0.717, 1.165) is 30.7 Å². The fraction of sp³-hybridized carbons (Fsp3) is 0.760. The molecule has 1 unspecified atom stereocenters. The van der Waals surface area contributed by atoms with Gasteiger partial charge in [-0.3, -0.25) is 0 Å². The molecule has 0 amide bonds. The summed E-state index contributed by atoms with van der Waals surface area (Å²) < 4.78 is 0. The van der Waals surface area contributed by atoms with E-state index in [9.17, 15) is 0 Å². The number of nitrogens with one attached hydrogen (secondary N) is 1. The molecule has 1 atom stereocenters. The topological polar surface area (TPSA) is 15.3 Å². The summed E-state index contributed by atoms with van der Waals surface area (Å²) in [5, 5.41) is 3.67. The zero-order valence-corrected chi connectivity index (χ0v) is 19.5. The van der Waals surface area contributed by atoms with Crippen molar-refractivity contribution in [3.63, 3.8) is 0 Å². The van der Waals surface area contributed by atoms with E-state index in [0.29, 0.717) is 6.04 Å². The van der Waals surface area contributed by atoms with Gasteiger partial charge in [-0.2, -0.15) is 11.8 Å². The fourth-order valence-corrected chi connectivity index (χ4v) is 5.10. The van der Waals surface area contributed by atoms with E-state index in [1.807, 2.05) is 0 Å². The predicted molar refractivity (Wildman–Crippen MR) is 127 cm³/mol. The first kappa shape index (κ1) is 23.8. The van der Waals surface area contributed by atoms with Gasteiger partial charge in [-0.1, -0.05) is 63.4 Å². The van der Waals surface area contributed by atoms with Crippen LogP contribution >= 0.6 is 11.8 Å². The van der Waals surface area contributed by atoms with E-state index < -0.39 is 0 Å². The number of benzene rings is 1. The molecule has 1 saturated carbocycles. The van der Waals surface area contributed by atoms with Gasteiger partial charge in [0.25, 0.3) is 0 Å². The summed E-state index contributed by atoms with van der Waals surface area (Å²) in [5.74, 6) is 4.09. The Labute approximate surface area is 179 Å². The van der Waals surface area contributed by atoms with Crippen molar-refractivity contribution in [2.24, 2.45) is 11.8 Å². The molecule has 1 N–H and O–H groups in total. The number of hydrogen-bond acceptors (Lipinski definition) is 3. The Morgan fingerprint density at radius 2 is 1.71 bits per heavy atom. The zero-order chi connectivity index (χ0) is 20.0. The normalized spacial score (nSPS) is 16.8. The average molecular weight is 405 g/mol. The molecule has 0 heterocycles. The van der Waals surface area contributed by atoms with Crippen LogP contribution in [0.15, 0.2) is 30.3 Å². The molecule has 2 nitrogen and oxygen atoms in total. The van der Waals surface area contributed by atoms with Gasteiger partial charge in [0.2, 0.25) is 0 Å². The molecule has 160 valence electrons. The van der Waals surface area contributed by atoms with Crippen LogP contribution in [0.4, 0.5) is 0 Å². The van der Waals surface area contributed by atoms with Crippen molar-refractivity contribution < 1.29 is 0 Å². The second-order valence-electron chi connectivity index (χ2n) is 8.98. The number of hydrogen-bond donors (Lipinski definition) is 1. The lowest BCUT2D eigenvalue weighted by molar-refractivity contribution is 0.127. The smallest absolute Gasteiger partial charge is 0.0184 e. The molecule has 1 aromatic carbocycles. The largest absolute Gasteiger partial charge is 0.317 e. The summed E-state index contributed by atoms with van der Waals surface area (Å²) in [4.78, 5) is 2.79. The molecule has 0 spiro atoms. The van der Waals surface area contributed by atoms with Gasteiger partial charge in [0.15, 0.2) is 0 Å². The Kier molecular flexibility index (Phi) is 12.3. The van der Waals surface area contributed by atoms with E-state index >= 15 is 0 Å². The highest BCUT2D eigenvalue weighted by Crippen LogP contribution is 2.26. The van der Waals surface area contributed by atoms with Gasteiger partial charge >= 0.3 is 0 Å². The van der Waals surface area contributed by atoms with Crippen LogP contribution in [0.2, 0.25) is 0 Å². The fourth-order valence-electron chi connectivity index (χ4n) is 4.18. The Morgan fingerprint density at radius 1 is 1.00 bits per heavy atom. The van der Waals surface area contributed by atoms with E-state index in [4.69, 9.17) is 0 Å². The summed E-state index contributed by atoms with van der Waals surface area (Å²) in [5.41, 5.74) is 1.44. The lowest BCUT2D eigenvalue weighted by Gasteiger charge is -2.36. The second kappa shape index (κ2) is 14.5. The lowest BCUT2D eigenvalue weighted by Crippen LogP contribution is -2.41. The van der Waals surface area contributed by atoms with Crippen molar-refractivity contribution in [1.82, 2.24) is 10.2 Å². The van der Waals surface area contributed by atoms with E-state index in [2.05, 4.69) is 73.1 Å². The summed E-state index contributed by atoms with van der Waals surface area (Å²) in [6, 6.07) is 11.5. The average Bonchev–Trinajstić information content (AvgIpc) is 2.72. The standard InChI is InChI=1S/C25H44N2S/c1-22(2)23(3)27(20-24-12-6-4-7-13-24)18-10-16-26-17-11-19-28-21-25-14-8-5-9-15-25/h5,8-9,14-15,22-24,26H,4,6-7,10-13,16-21H2,1-3H3. The Balaban J connectivity index is 1.53. The quantitative estimate of drug-likeness (QED) is 0.371. The minimum atomic E-state index is 0.705. The van der Waals surface area contributed by atoms with Gasteiger partial charge in [0.05, 0.1) is 0 Å². The van der Waals surface area contributed by atoms with Crippen molar-refractivity contribution in [3.05, 3.63) is 35.9 Å². The first-order chi connectivity index (χ1) is 13.7. The van der Waals surface area contributed by atoms with E-state index in [1.165, 1.54) is 69.4 Å². The van der Waals surface area contributed by atoms with Crippen molar-refractivity contribution in [3.8, 4) is 0 Å². The molecule has 1 aliphatic carbocycles. The Morgan fingerprint density at radius 3 is 2.43 bits per heavy atom. The maximum atomic E-state index is 3.67. The molecule has 3 heteroatoms. The van der Waals surface area contributed by atoms with Gasteiger partial charge < -0.3 is 10.2 Å². The minimum Gasteiger partial charge on any atom is -0.317 e. The van der Waals surface area contributed by atoms with Crippen molar-refractivity contribution in [1.29, 1.82) is 0 Å². The summed E-state index contributed by atoms with van der Waals surface area (Å²) >= 11 is 2.05. The molecule has 0 aliphatic heterocycles. The first-order valence-electron chi connectivity index (χ1n) is 11.7.